The Morgan fingerprint density at radius 3 is 2.35 bits per heavy atom. The first-order chi connectivity index (χ1) is 10.8. The van der Waals surface area contributed by atoms with Crippen molar-refractivity contribution in [2.45, 2.75) is 32.9 Å². The lowest BCUT2D eigenvalue weighted by atomic mass is 10.0. The zero-order valence-electron chi connectivity index (χ0n) is 13.2. The highest BCUT2D eigenvalue weighted by molar-refractivity contribution is 5.94. The summed E-state index contributed by atoms with van der Waals surface area (Å²) >= 11 is 0. The third-order valence-corrected chi connectivity index (χ3v) is 3.89. The van der Waals surface area contributed by atoms with Crippen LogP contribution >= 0.6 is 0 Å². The molecule has 2 N–H and O–H groups in total. The first-order valence-electron chi connectivity index (χ1n) is 7.30. The van der Waals surface area contributed by atoms with Gasteiger partial charge in [-0.1, -0.05) is 12.1 Å². The fourth-order valence-corrected chi connectivity index (χ4v) is 2.24. The molecule has 2 unspecified atom stereocenters. The van der Waals surface area contributed by atoms with Gasteiger partial charge < -0.3 is 10.4 Å². The van der Waals surface area contributed by atoms with E-state index < -0.39 is 23.8 Å². The summed E-state index contributed by atoms with van der Waals surface area (Å²) in [5.41, 5.74) is 2.76. The van der Waals surface area contributed by atoms with Crippen molar-refractivity contribution in [1.82, 2.24) is 5.32 Å². The Balaban J connectivity index is 2.10. The minimum atomic E-state index is -1.14. The van der Waals surface area contributed by atoms with E-state index in [0.29, 0.717) is 5.56 Å². The molecule has 0 fully saturated rings. The van der Waals surface area contributed by atoms with E-state index in [4.69, 9.17) is 0 Å². The van der Waals surface area contributed by atoms with Gasteiger partial charge in [0.15, 0.2) is 11.6 Å². The number of aryl methyl sites for hydroxylation is 2. The summed E-state index contributed by atoms with van der Waals surface area (Å²) in [5, 5.41) is 12.9. The molecule has 0 spiro atoms. The number of benzene rings is 2. The van der Waals surface area contributed by atoms with Crippen molar-refractivity contribution in [3.05, 3.63) is 70.3 Å². The smallest absolute Gasteiger partial charge is 0.251 e. The van der Waals surface area contributed by atoms with Crippen LogP contribution in [0.4, 0.5) is 8.78 Å². The summed E-state index contributed by atoms with van der Waals surface area (Å²) in [7, 11) is 0. The quantitative estimate of drug-likeness (QED) is 0.907. The molecule has 3 nitrogen and oxygen atoms in total. The van der Waals surface area contributed by atoms with Crippen molar-refractivity contribution in [3.8, 4) is 0 Å². The van der Waals surface area contributed by atoms with Crippen LogP contribution in [-0.2, 0) is 0 Å². The van der Waals surface area contributed by atoms with Crippen LogP contribution in [0.5, 0.6) is 0 Å². The van der Waals surface area contributed by atoms with Gasteiger partial charge in [0.1, 0.15) is 0 Å². The van der Waals surface area contributed by atoms with Gasteiger partial charge in [0.2, 0.25) is 0 Å². The van der Waals surface area contributed by atoms with Gasteiger partial charge in [0.25, 0.3) is 5.91 Å². The van der Waals surface area contributed by atoms with Crippen molar-refractivity contribution >= 4 is 5.91 Å². The van der Waals surface area contributed by atoms with E-state index >= 15 is 0 Å². The number of amides is 1. The lowest BCUT2D eigenvalue weighted by Gasteiger charge is -2.21. The largest absolute Gasteiger partial charge is 0.386 e. The van der Waals surface area contributed by atoms with Crippen LogP contribution in [-0.4, -0.2) is 17.1 Å². The van der Waals surface area contributed by atoms with E-state index in [2.05, 4.69) is 5.32 Å². The SMILES string of the molecule is Cc1ccc(C(=O)NC(C)C(O)c2ccc(F)c(F)c2)cc1C. The van der Waals surface area contributed by atoms with E-state index in [1.54, 1.807) is 19.1 Å². The Morgan fingerprint density at radius 2 is 1.74 bits per heavy atom. The van der Waals surface area contributed by atoms with Crippen LogP contribution in [0.3, 0.4) is 0 Å². The molecule has 0 bridgehead atoms. The number of aliphatic hydroxyl groups is 1. The molecule has 0 aliphatic rings. The topological polar surface area (TPSA) is 49.3 Å². The first-order valence-corrected chi connectivity index (χ1v) is 7.30. The summed E-state index contributed by atoms with van der Waals surface area (Å²) in [6.07, 6.45) is -1.14. The Labute approximate surface area is 134 Å². The van der Waals surface area contributed by atoms with Crippen LogP contribution in [0, 0.1) is 25.5 Å². The molecule has 0 saturated heterocycles. The average Bonchev–Trinajstić information content (AvgIpc) is 2.51. The maximum atomic E-state index is 13.2. The number of aliphatic hydroxyl groups excluding tert-OH is 1. The zero-order valence-corrected chi connectivity index (χ0v) is 13.2. The molecular formula is C18H19F2NO2. The number of nitrogens with one attached hydrogen (secondary N) is 1. The molecule has 1 amide bonds. The highest BCUT2D eigenvalue weighted by Gasteiger charge is 2.20. The summed E-state index contributed by atoms with van der Waals surface area (Å²) in [6.45, 7) is 5.46. The maximum absolute atomic E-state index is 13.2. The van der Waals surface area contributed by atoms with Gasteiger partial charge in [-0.2, -0.15) is 0 Å². The molecule has 0 heterocycles. The van der Waals surface area contributed by atoms with E-state index in [0.717, 1.165) is 23.3 Å². The molecule has 0 aliphatic heterocycles. The molecule has 0 radical (unpaired) electrons. The monoisotopic (exact) mass is 319 g/mol. The number of rotatable bonds is 4. The minimum Gasteiger partial charge on any atom is -0.386 e. The third-order valence-electron chi connectivity index (χ3n) is 3.89. The molecule has 2 rings (SSSR count). The number of carbonyl (C=O) groups is 1. The highest BCUT2D eigenvalue weighted by atomic mass is 19.2. The summed E-state index contributed by atoms with van der Waals surface area (Å²) in [4.78, 5) is 12.2. The van der Waals surface area contributed by atoms with E-state index in [-0.39, 0.29) is 11.5 Å². The molecule has 5 heteroatoms. The van der Waals surface area contributed by atoms with Crippen molar-refractivity contribution < 1.29 is 18.7 Å². The fraction of sp³-hybridized carbons (Fsp3) is 0.278. The van der Waals surface area contributed by atoms with Crippen LogP contribution in [0.2, 0.25) is 0 Å². The van der Waals surface area contributed by atoms with E-state index in [1.807, 2.05) is 19.9 Å². The van der Waals surface area contributed by atoms with Gasteiger partial charge in [-0.3, -0.25) is 4.79 Å². The average molecular weight is 319 g/mol. The second-order valence-corrected chi connectivity index (χ2v) is 5.68. The summed E-state index contributed by atoms with van der Waals surface area (Å²) < 4.78 is 26.2. The second kappa shape index (κ2) is 6.87. The van der Waals surface area contributed by atoms with Crippen molar-refractivity contribution in [3.63, 3.8) is 0 Å². The van der Waals surface area contributed by atoms with Crippen LogP contribution in [0.25, 0.3) is 0 Å². The lowest BCUT2D eigenvalue weighted by Crippen LogP contribution is -2.37. The first kappa shape index (κ1) is 17.1. The number of hydrogen-bond donors (Lipinski definition) is 2. The van der Waals surface area contributed by atoms with Gasteiger partial charge in [0, 0.05) is 5.56 Å². The van der Waals surface area contributed by atoms with Gasteiger partial charge in [-0.05, 0) is 61.7 Å². The van der Waals surface area contributed by atoms with Crippen LogP contribution in [0.15, 0.2) is 36.4 Å². The van der Waals surface area contributed by atoms with Gasteiger partial charge in [-0.25, -0.2) is 8.78 Å². The number of hydrogen-bond acceptors (Lipinski definition) is 2. The maximum Gasteiger partial charge on any atom is 0.251 e. The fourth-order valence-electron chi connectivity index (χ4n) is 2.24. The lowest BCUT2D eigenvalue weighted by molar-refractivity contribution is 0.0851. The molecule has 0 aromatic heterocycles. The molecule has 122 valence electrons. The van der Waals surface area contributed by atoms with E-state index in [9.17, 15) is 18.7 Å². The highest BCUT2D eigenvalue weighted by Crippen LogP contribution is 2.20. The Morgan fingerprint density at radius 1 is 1.04 bits per heavy atom. The minimum absolute atomic E-state index is 0.205. The normalized spacial score (nSPS) is 13.5. The van der Waals surface area contributed by atoms with Crippen LogP contribution in [0.1, 0.15) is 40.1 Å². The Kier molecular flexibility index (Phi) is 5.11. The molecular weight excluding hydrogens is 300 g/mol. The van der Waals surface area contributed by atoms with Gasteiger partial charge in [0.05, 0.1) is 12.1 Å². The molecule has 2 aromatic rings. The van der Waals surface area contributed by atoms with Crippen molar-refractivity contribution in [1.29, 1.82) is 0 Å². The molecule has 0 aliphatic carbocycles. The predicted molar refractivity (Wildman–Crippen MR) is 84.2 cm³/mol. The van der Waals surface area contributed by atoms with Crippen molar-refractivity contribution in [2.75, 3.05) is 0 Å². The number of halogens is 2. The summed E-state index contributed by atoms with van der Waals surface area (Å²) in [6, 6.07) is 7.83. The predicted octanol–water partition coefficient (Wildman–Crippen LogP) is 3.43. The van der Waals surface area contributed by atoms with Crippen LogP contribution < -0.4 is 5.32 Å². The molecule has 23 heavy (non-hydrogen) atoms. The third kappa shape index (κ3) is 3.93. The second-order valence-electron chi connectivity index (χ2n) is 5.68. The Bertz CT molecular complexity index is 731. The molecule has 2 atom stereocenters. The van der Waals surface area contributed by atoms with Gasteiger partial charge >= 0.3 is 0 Å². The van der Waals surface area contributed by atoms with E-state index in [1.165, 1.54) is 6.07 Å². The van der Waals surface area contributed by atoms with Gasteiger partial charge in [-0.15, -0.1) is 0 Å². The number of carbonyl (C=O) groups excluding carboxylic acids is 1. The van der Waals surface area contributed by atoms with Crippen molar-refractivity contribution in [2.24, 2.45) is 0 Å². The molecule has 0 saturated carbocycles. The Hall–Kier alpha value is -2.27. The summed E-state index contributed by atoms with van der Waals surface area (Å²) in [5.74, 6) is -2.34. The standard InChI is InChI=1S/C18H19F2NO2/c1-10-4-5-14(8-11(10)2)18(23)21-12(3)17(22)13-6-7-15(19)16(20)9-13/h4-9,12,17,22H,1-3H3,(H,21,23). The molecule has 2 aromatic carbocycles. The zero-order chi connectivity index (χ0) is 17.1.